The Balaban J connectivity index is 2.39. The van der Waals surface area contributed by atoms with Crippen LogP contribution in [0.25, 0.3) is 10.2 Å². The SMILES string of the molecule is [CH2]Sc1ncnc2sc3c(c12)CCC3. The van der Waals surface area contributed by atoms with Gasteiger partial charge in [-0.15, -0.1) is 23.1 Å². The molecule has 0 N–H and O–H groups in total. The third-order valence-corrected chi connectivity index (χ3v) is 4.39. The highest BCUT2D eigenvalue weighted by Crippen LogP contribution is 2.39. The predicted molar refractivity (Wildman–Crippen MR) is 60.7 cm³/mol. The number of thioether (sulfide) groups is 1. The van der Waals surface area contributed by atoms with Crippen molar-refractivity contribution in [3.8, 4) is 0 Å². The molecule has 0 fully saturated rings. The lowest BCUT2D eigenvalue weighted by molar-refractivity contribution is 0.915. The average molecular weight is 221 g/mol. The van der Waals surface area contributed by atoms with Crippen molar-refractivity contribution in [2.45, 2.75) is 24.3 Å². The van der Waals surface area contributed by atoms with Gasteiger partial charge in [0.1, 0.15) is 16.2 Å². The molecule has 0 aliphatic heterocycles. The zero-order chi connectivity index (χ0) is 9.54. The molecule has 0 saturated carbocycles. The van der Waals surface area contributed by atoms with Crippen molar-refractivity contribution in [3.05, 3.63) is 23.0 Å². The highest BCUT2D eigenvalue weighted by atomic mass is 32.2. The molecule has 4 heteroatoms. The van der Waals surface area contributed by atoms with Gasteiger partial charge >= 0.3 is 0 Å². The normalized spacial score (nSPS) is 14.9. The summed E-state index contributed by atoms with van der Waals surface area (Å²) in [5.41, 5.74) is 1.48. The summed E-state index contributed by atoms with van der Waals surface area (Å²) < 4.78 is 0. The maximum atomic E-state index is 4.32. The molecular formula is C10H9N2S2. The van der Waals surface area contributed by atoms with Crippen molar-refractivity contribution in [1.29, 1.82) is 0 Å². The third-order valence-electron chi connectivity index (χ3n) is 2.60. The number of thiophene rings is 1. The largest absolute Gasteiger partial charge is 0.229 e. The molecule has 0 saturated heterocycles. The number of nitrogens with zero attached hydrogens (tertiary/aromatic N) is 2. The fraction of sp³-hybridized carbons (Fsp3) is 0.300. The first-order chi connectivity index (χ1) is 6.90. The third kappa shape index (κ3) is 1.10. The van der Waals surface area contributed by atoms with Crippen molar-refractivity contribution >= 4 is 33.3 Å². The van der Waals surface area contributed by atoms with E-state index in [4.69, 9.17) is 0 Å². The van der Waals surface area contributed by atoms with E-state index in [1.54, 1.807) is 6.33 Å². The van der Waals surface area contributed by atoms with Crippen LogP contribution in [0.15, 0.2) is 11.4 Å². The molecule has 14 heavy (non-hydrogen) atoms. The summed E-state index contributed by atoms with van der Waals surface area (Å²) in [6, 6.07) is 0. The average Bonchev–Trinajstić information content (AvgIpc) is 2.75. The molecule has 1 radical (unpaired) electrons. The van der Waals surface area contributed by atoms with Gasteiger partial charge in [0.15, 0.2) is 0 Å². The Bertz CT molecular complexity index is 490. The Morgan fingerprint density at radius 2 is 2.29 bits per heavy atom. The van der Waals surface area contributed by atoms with Crippen LogP contribution in [0, 0.1) is 6.26 Å². The second-order valence-electron chi connectivity index (χ2n) is 3.36. The zero-order valence-electron chi connectivity index (χ0n) is 7.62. The monoisotopic (exact) mass is 221 g/mol. The van der Waals surface area contributed by atoms with Gasteiger partial charge < -0.3 is 0 Å². The molecule has 1 aliphatic rings. The van der Waals surface area contributed by atoms with Crippen LogP contribution >= 0.6 is 23.1 Å². The molecule has 2 nitrogen and oxygen atoms in total. The van der Waals surface area contributed by atoms with Gasteiger partial charge in [0.05, 0.1) is 0 Å². The molecule has 1 aliphatic carbocycles. The molecule has 2 heterocycles. The van der Waals surface area contributed by atoms with Gasteiger partial charge in [0.2, 0.25) is 0 Å². The van der Waals surface area contributed by atoms with Crippen molar-refractivity contribution in [2.24, 2.45) is 0 Å². The van der Waals surface area contributed by atoms with Crippen molar-refractivity contribution < 1.29 is 0 Å². The summed E-state index contributed by atoms with van der Waals surface area (Å²) in [4.78, 5) is 11.2. The predicted octanol–water partition coefficient (Wildman–Crippen LogP) is 3.06. The topological polar surface area (TPSA) is 25.8 Å². The van der Waals surface area contributed by atoms with Crippen molar-refractivity contribution in [2.75, 3.05) is 0 Å². The standard InChI is InChI=1S/C10H9N2S2/c1-13-9-8-6-3-2-4-7(6)14-10(8)12-5-11-9/h5H,1-4H2. The minimum atomic E-state index is 1.04. The lowest BCUT2D eigenvalue weighted by atomic mass is 10.2. The molecule has 0 bridgehead atoms. The molecular weight excluding hydrogens is 212 g/mol. The smallest absolute Gasteiger partial charge is 0.128 e. The minimum Gasteiger partial charge on any atom is -0.229 e. The molecule has 2 aromatic rings. The summed E-state index contributed by atoms with van der Waals surface area (Å²) in [6.07, 6.45) is 9.18. The Labute approximate surface area is 90.8 Å². The number of fused-ring (bicyclic) bond motifs is 3. The van der Waals surface area contributed by atoms with Gasteiger partial charge in [0.25, 0.3) is 0 Å². The van der Waals surface area contributed by atoms with Crippen LogP contribution < -0.4 is 0 Å². The van der Waals surface area contributed by atoms with Crippen molar-refractivity contribution in [1.82, 2.24) is 9.97 Å². The van der Waals surface area contributed by atoms with E-state index in [9.17, 15) is 0 Å². The van der Waals surface area contributed by atoms with Gasteiger partial charge in [-0.3, -0.25) is 0 Å². The Kier molecular flexibility index (Phi) is 1.99. The molecule has 71 valence electrons. The van der Waals surface area contributed by atoms with Crippen LogP contribution in [0.1, 0.15) is 16.9 Å². The summed E-state index contributed by atoms with van der Waals surface area (Å²) >= 11 is 3.30. The van der Waals surface area contributed by atoms with Crippen LogP contribution in [0.3, 0.4) is 0 Å². The van der Waals surface area contributed by atoms with E-state index in [2.05, 4.69) is 16.2 Å². The van der Waals surface area contributed by atoms with E-state index in [-0.39, 0.29) is 0 Å². The van der Waals surface area contributed by atoms with E-state index >= 15 is 0 Å². The van der Waals surface area contributed by atoms with Crippen LogP contribution in [0.4, 0.5) is 0 Å². The quantitative estimate of drug-likeness (QED) is 0.546. The highest BCUT2D eigenvalue weighted by molar-refractivity contribution is 8.00. The van der Waals surface area contributed by atoms with Crippen LogP contribution in [0.5, 0.6) is 0 Å². The maximum Gasteiger partial charge on any atom is 0.128 e. The van der Waals surface area contributed by atoms with E-state index in [0.717, 1.165) is 9.86 Å². The molecule has 0 spiro atoms. The second kappa shape index (κ2) is 3.21. The van der Waals surface area contributed by atoms with E-state index in [1.165, 1.54) is 46.9 Å². The van der Waals surface area contributed by atoms with Gasteiger partial charge in [-0.2, -0.15) is 0 Å². The second-order valence-corrected chi connectivity index (χ2v) is 5.12. The van der Waals surface area contributed by atoms with Gasteiger partial charge in [0, 0.05) is 16.5 Å². The Morgan fingerprint density at radius 1 is 1.36 bits per heavy atom. The number of aromatic nitrogens is 2. The minimum absolute atomic E-state index is 1.04. The van der Waals surface area contributed by atoms with Gasteiger partial charge in [-0.1, -0.05) is 0 Å². The lowest BCUT2D eigenvalue weighted by Gasteiger charge is -1.98. The van der Waals surface area contributed by atoms with Crippen molar-refractivity contribution in [3.63, 3.8) is 0 Å². The maximum absolute atomic E-state index is 4.32. The summed E-state index contributed by atoms with van der Waals surface area (Å²) in [5.74, 6) is 0. The zero-order valence-corrected chi connectivity index (χ0v) is 9.25. The van der Waals surface area contributed by atoms with E-state index in [1.807, 2.05) is 11.3 Å². The lowest BCUT2D eigenvalue weighted by Crippen LogP contribution is -1.84. The van der Waals surface area contributed by atoms with Gasteiger partial charge in [-0.05, 0) is 24.8 Å². The van der Waals surface area contributed by atoms with Crippen LogP contribution in [-0.4, -0.2) is 9.97 Å². The fourth-order valence-electron chi connectivity index (χ4n) is 2.01. The Morgan fingerprint density at radius 3 is 3.14 bits per heavy atom. The first-order valence-corrected chi connectivity index (χ1v) is 6.37. The Hall–Kier alpha value is -0.610. The number of hydrogen-bond donors (Lipinski definition) is 0. The molecule has 2 aromatic heterocycles. The number of rotatable bonds is 1. The van der Waals surface area contributed by atoms with Gasteiger partial charge in [-0.25, -0.2) is 9.97 Å². The summed E-state index contributed by atoms with van der Waals surface area (Å²) in [6.45, 7) is 0. The summed E-state index contributed by atoms with van der Waals surface area (Å²) in [7, 11) is 0. The first kappa shape index (κ1) is 8.68. The first-order valence-electron chi connectivity index (χ1n) is 4.57. The highest BCUT2D eigenvalue weighted by Gasteiger charge is 2.20. The van der Waals surface area contributed by atoms with Crippen LogP contribution in [-0.2, 0) is 12.8 Å². The molecule has 0 unspecified atom stereocenters. The van der Waals surface area contributed by atoms with E-state index < -0.39 is 0 Å². The summed E-state index contributed by atoms with van der Waals surface area (Å²) in [5, 5.41) is 2.31. The fourth-order valence-corrected chi connectivity index (χ4v) is 3.79. The number of hydrogen-bond acceptors (Lipinski definition) is 4. The van der Waals surface area contributed by atoms with Crippen LogP contribution in [0.2, 0.25) is 0 Å². The number of aryl methyl sites for hydroxylation is 2. The van der Waals surface area contributed by atoms with E-state index in [0.29, 0.717) is 0 Å². The molecule has 0 atom stereocenters. The molecule has 0 aromatic carbocycles. The molecule has 0 amide bonds. The molecule has 3 rings (SSSR count).